The minimum atomic E-state index is -0.411. The summed E-state index contributed by atoms with van der Waals surface area (Å²) in [5, 5.41) is 2.96. The van der Waals surface area contributed by atoms with Crippen LogP contribution in [0.5, 0.6) is 0 Å². The van der Waals surface area contributed by atoms with Gasteiger partial charge in [0.25, 0.3) is 0 Å². The molecule has 0 aromatic heterocycles. The summed E-state index contributed by atoms with van der Waals surface area (Å²) in [6.07, 6.45) is 0. The van der Waals surface area contributed by atoms with E-state index in [2.05, 4.69) is 14.8 Å². The van der Waals surface area contributed by atoms with Gasteiger partial charge in [-0.05, 0) is 12.1 Å². The Bertz CT molecular complexity index is 365. The summed E-state index contributed by atoms with van der Waals surface area (Å²) < 4.78 is 9.03. The van der Waals surface area contributed by atoms with Gasteiger partial charge in [0.05, 0.1) is 12.7 Å². The molecule has 0 unspecified atom stereocenters. The zero-order chi connectivity index (χ0) is 11.8. The van der Waals surface area contributed by atoms with E-state index in [9.17, 15) is 9.59 Å². The summed E-state index contributed by atoms with van der Waals surface area (Å²) in [6.45, 7) is 1.92. The molecule has 1 aromatic carbocycles. The summed E-state index contributed by atoms with van der Waals surface area (Å²) in [7, 11) is 1.32. The molecule has 0 aliphatic rings. The summed E-state index contributed by atoms with van der Waals surface area (Å²) in [4.78, 5) is 21.2. The normalized spacial score (nSPS) is 9.31. The fraction of sp³-hybridized carbons (Fsp3) is 0.273. The largest absolute Gasteiger partial charge is 0.465 e. The molecule has 1 aromatic rings. The Morgan fingerprint density at radius 2 is 2.19 bits per heavy atom. The van der Waals surface area contributed by atoms with Crippen molar-refractivity contribution in [3.63, 3.8) is 0 Å². The van der Waals surface area contributed by atoms with E-state index in [0.29, 0.717) is 17.8 Å². The number of hydrogen-bond donors (Lipinski definition) is 1. The maximum Gasteiger partial charge on any atom is 0.417 e. The first-order valence-electron chi connectivity index (χ1n) is 4.69. The first-order valence-corrected chi connectivity index (χ1v) is 4.69. The molecule has 0 aliphatic carbocycles. The molecule has 5 heteroatoms. The van der Waals surface area contributed by atoms with Crippen LogP contribution in [0.4, 0.5) is 5.69 Å². The van der Waals surface area contributed by atoms with E-state index >= 15 is 0 Å². The highest BCUT2D eigenvalue weighted by Crippen LogP contribution is 2.15. The average Bonchev–Trinajstić information content (AvgIpc) is 2.34. The number of rotatable bonds is 6. The molecule has 16 heavy (non-hydrogen) atoms. The standard InChI is InChI=1S/C11H12NO4/c1-15-11(14)9-4-2-3-5-10(9)12-6-7-16-8-13/h2-5,12H,6-7H2,1H3. The number of benzene rings is 1. The predicted octanol–water partition coefficient (Wildman–Crippen LogP) is 0.969. The molecule has 1 rings (SSSR count). The monoisotopic (exact) mass is 222 g/mol. The number of carbonyl (C=O) groups is 1. The molecule has 0 amide bonds. The van der Waals surface area contributed by atoms with Crippen LogP contribution in [0.15, 0.2) is 24.3 Å². The van der Waals surface area contributed by atoms with Crippen molar-refractivity contribution in [3.05, 3.63) is 29.8 Å². The summed E-state index contributed by atoms with van der Waals surface area (Å²) >= 11 is 0. The van der Waals surface area contributed by atoms with Gasteiger partial charge in [0.15, 0.2) is 0 Å². The van der Waals surface area contributed by atoms with Crippen molar-refractivity contribution in [1.82, 2.24) is 0 Å². The molecule has 0 heterocycles. The average molecular weight is 222 g/mol. The van der Waals surface area contributed by atoms with E-state index < -0.39 is 5.97 Å². The second kappa shape index (κ2) is 6.44. The van der Waals surface area contributed by atoms with Gasteiger partial charge in [-0.15, -0.1) is 0 Å². The highest BCUT2D eigenvalue weighted by Gasteiger charge is 2.09. The van der Waals surface area contributed by atoms with E-state index in [0.717, 1.165) is 0 Å². The minimum absolute atomic E-state index is 0.193. The van der Waals surface area contributed by atoms with E-state index in [1.165, 1.54) is 13.6 Å². The van der Waals surface area contributed by atoms with Gasteiger partial charge in [-0.2, -0.15) is 0 Å². The van der Waals surface area contributed by atoms with Crippen LogP contribution in [0.1, 0.15) is 10.4 Å². The lowest BCUT2D eigenvalue weighted by Gasteiger charge is -2.09. The highest BCUT2D eigenvalue weighted by atomic mass is 16.5. The van der Waals surface area contributed by atoms with Crippen molar-refractivity contribution < 1.29 is 19.1 Å². The van der Waals surface area contributed by atoms with Crippen LogP contribution in [0.2, 0.25) is 0 Å². The Morgan fingerprint density at radius 1 is 1.44 bits per heavy atom. The molecule has 0 aliphatic heterocycles. The number of esters is 1. The summed E-state index contributed by atoms with van der Waals surface area (Å²) in [6, 6.07) is 6.94. The third-order valence-electron chi connectivity index (χ3n) is 1.91. The topological polar surface area (TPSA) is 64.6 Å². The number of hydrogen-bond acceptors (Lipinski definition) is 5. The first kappa shape index (κ1) is 12.0. The van der Waals surface area contributed by atoms with Crippen LogP contribution in [0.25, 0.3) is 0 Å². The Labute approximate surface area is 93.4 Å². The fourth-order valence-electron chi connectivity index (χ4n) is 1.20. The van der Waals surface area contributed by atoms with E-state index in [1.807, 2.05) is 0 Å². The van der Waals surface area contributed by atoms with Crippen LogP contribution in [0.3, 0.4) is 0 Å². The van der Waals surface area contributed by atoms with Crippen LogP contribution < -0.4 is 5.32 Å². The highest BCUT2D eigenvalue weighted by molar-refractivity contribution is 5.95. The molecule has 0 saturated carbocycles. The number of nitrogens with one attached hydrogen (secondary N) is 1. The molecule has 85 valence electrons. The van der Waals surface area contributed by atoms with Crippen molar-refractivity contribution in [2.45, 2.75) is 0 Å². The lowest BCUT2D eigenvalue weighted by atomic mass is 10.2. The molecule has 0 bridgehead atoms. The van der Waals surface area contributed by atoms with Gasteiger partial charge < -0.3 is 14.8 Å². The fourth-order valence-corrected chi connectivity index (χ4v) is 1.20. The number of methoxy groups -OCH3 is 1. The molecule has 0 atom stereocenters. The van der Waals surface area contributed by atoms with Crippen LogP contribution in [0, 0.1) is 0 Å². The molecule has 5 nitrogen and oxygen atoms in total. The Kier molecular flexibility index (Phi) is 4.85. The zero-order valence-electron chi connectivity index (χ0n) is 8.86. The van der Waals surface area contributed by atoms with Gasteiger partial charge in [0, 0.05) is 12.2 Å². The second-order valence-corrected chi connectivity index (χ2v) is 2.90. The van der Waals surface area contributed by atoms with E-state index in [4.69, 9.17) is 0 Å². The Balaban J connectivity index is 2.64. The number of anilines is 1. The maximum atomic E-state index is 11.4. The van der Waals surface area contributed by atoms with Crippen molar-refractivity contribution in [2.75, 3.05) is 25.6 Å². The lowest BCUT2D eigenvalue weighted by Crippen LogP contribution is -2.12. The first-order chi connectivity index (χ1) is 7.79. The van der Waals surface area contributed by atoms with Gasteiger partial charge in [-0.1, -0.05) is 12.1 Å². The smallest absolute Gasteiger partial charge is 0.417 e. The number of para-hydroxylation sites is 1. The summed E-state index contributed by atoms with van der Waals surface area (Å²) in [5.41, 5.74) is 1.09. The minimum Gasteiger partial charge on any atom is -0.465 e. The second-order valence-electron chi connectivity index (χ2n) is 2.90. The van der Waals surface area contributed by atoms with Crippen LogP contribution >= 0.6 is 0 Å². The molecular formula is C11H12NO4. The van der Waals surface area contributed by atoms with Gasteiger partial charge in [0.2, 0.25) is 0 Å². The Hall–Kier alpha value is -2.04. The van der Waals surface area contributed by atoms with Gasteiger partial charge >= 0.3 is 12.4 Å². The van der Waals surface area contributed by atoms with E-state index in [1.54, 1.807) is 24.3 Å². The van der Waals surface area contributed by atoms with Crippen molar-refractivity contribution in [1.29, 1.82) is 0 Å². The molecular weight excluding hydrogens is 210 g/mol. The Morgan fingerprint density at radius 3 is 2.88 bits per heavy atom. The zero-order valence-corrected chi connectivity index (χ0v) is 8.86. The van der Waals surface area contributed by atoms with Crippen LogP contribution in [-0.4, -0.2) is 32.7 Å². The summed E-state index contributed by atoms with van der Waals surface area (Å²) in [5.74, 6) is -0.411. The van der Waals surface area contributed by atoms with Gasteiger partial charge in [-0.3, -0.25) is 0 Å². The number of ether oxygens (including phenoxy) is 2. The van der Waals surface area contributed by atoms with Crippen LogP contribution in [-0.2, 0) is 14.3 Å². The third kappa shape index (κ3) is 3.27. The molecule has 0 saturated heterocycles. The van der Waals surface area contributed by atoms with E-state index in [-0.39, 0.29) is 6.61 Å². The molecule has 0 fully saturated rings. The number of carbonyl (C=O) groups excluding carboxylic acids is 2. The van der Waals surface area contributed by atoms with Gasteiger partial charge in [0.1, 0.15) is 6.61 Å². The molecule has 1 N–H and O–H groups in total. The SMILES string of the molecule is COC(=O)c1ccccc1NCCO[C]=O. The molecule has 0 spiro atoms. The maximum absolute atomic E-state index is 11.4. The quantitative estimate of drug-likeness (QED) is 0.574. The third-order valence-corrected chi connectivity index (χ3v) is 1.91. The molecule has 1 radical (unpaired) electrons. The van der Waals surface area contributed by atoms with Crippen molar-refractivity contribution in [2.24, 2.45) is 0 Å². The van der Waals surface area contributed by atoms with Gasteiger partial charge in [-0.25, -0.2) is 9.59 Å². The predicted molar refractivity (Wildman–Crippen MR) is 57.9 cm³/mol. The van der Waals surface area contributed by atoms with Crippen molar-refractivity contribution in [3.8, 4) is 0 Å². The lowest BCUT2D eigenvalue weighted by molar-refractivity contribution is 0.0602. The van der Waals surface area contributed by atoms with Crippen molar-refractivity contribution >= 4 is 18.1 Å².